The monoisotopic (exact) mass is 252 g/mol. The summed E-state index contributed by atoms with van der Waals surface area (Å²) in [4.78, 5) is 18.4. The summed E-state index contributed by atoms with van der Waals surface area (Å²) in [6.45, 7) is 2.88. The third kappa shape index (κ3) is 6.27. The number of nitrogens with zero attached hydrogens (tertiary/aromatic N) is 1. The summed E-state index contributed by atoms with van der Waals surface area (Å²) in [6.07, 6.45) is 8.72. The molecule has 5 nitrogen and oxygen atoms in total. The molecule has 1 rings (SSSR count). The van der Waals surface area contributed by atoms with Crippen LogP contribution in [0.3, 0.4) is 0 Å². The summed E-state index contributed by atoms with van der Waals surface area (Å²) in [5, 5.41) is 2.93. The highest BCUT2D eigenvalue weighted by molar-refractivity contribution is 5.75. The lowest BCUT2D eigenvalue weighted by molar-refractivity contribution is -0.121. The lowest BCUT2D eigenvalue weighted by Crippen LogP contribution is -2.24. The Morgan fingerprint density at radius 3 is 2.89 bits per heavy atom. The molecular formula is C13H24N4O. The van der Waals surface area contributed by atoms with Crippen molar-refractivity contribution in [2.45, 2.75) is 51.9 Å². The van der Waals surface area contributed by atoms with Crippen molar-refractivity contribution in [2.24, 2.45) is 0 Å². The van der Waals surface area contributed by atoms with E-state index in [1.54, 1.807) is 6.20 Å². The second kappa shape index (κ2) is 8.55. The SMILES string of the molecule is CCCCCCC(=O)NCCCc1cnc(N)[nH]1. The van der Waals surface area contributed by atoms with Crippen LogP contribution in [0.15, 0.2) is 6.20 Å². The van der Waals surface area contributed by atoms with E-state index in [1.165, 1.54) is 12.8 Å². The van der Waals surface area contributed by atoms with Gasteiger partial charge in [0.05, 0.1) is 6.20 Å². The van der Waals surface area contributed by atoms with Crippen molar-refractivity contribution in [1.82, 2.24) is 15.3 Å². The minimum atomic E-state index is 0.162. The molecule has 0 fully saturated rings. The molecule has 5 heteroatoms. The molecule has 1 heterocycles. The van der Waals surface area contributed by atoms with Crippen molar-refractivity contribution in [2.75, 3.05) is 12.3 Å². The summed E-state index contributed by atoms with van der Waals surface area (Å²) in [5.74, 6) is 0.611. The smallest absolute Gasteiger partial charge is 0.219 e. The van der Waals surface area contributed by atoms with E-state index in [4.69, 9.17) is 5.73 Å². The second-order valence-electron chi connectivity index (χ2n) is 4.56. The average molecular weight is 252 g/mol. The number of nitrogens with two attached hydrogens (primary N) is 1. The number of nitrogens with one attached hydrogen (secondary N) is 2. The van der Waals surface area contributed by atoms with Crippen LogP contribution in [0.25, 0.3) is 0 Å². The number of amides is 1. The summed E-state index contributed by atoms with van der Waals surface area (Å²) in [6, 6.07) is 0. The van der Waals surface area contributed by atoms with Gasteiger partial charge >= 0.3 is 0 Å². The van der Waals surface area contributed by atoms with E-state index in [0.29, 0.717) is 18.9 Å². The molecule has 102 valence electrons. The molecule has 1 aromatic rings. The largest absolute Gasteiger partial charge is 0.369 e. The van der Waals surface area contributed by atoms with Crippen LogP contribution < -0.4 is 11.1 Å². The molecular weight excluding hydrogens is 228 g/mol. The maximum Gasteiger partial charge on any atom is 0.219 e. The Balaban J connectivity index is 1.98. The zero-order chi connectivity index (χ0) is 13.2. The number of hydrogen-bond donors (Lipinski definition) is 3. The number of imidazole rings is 1. The Morgan fingerprint density at radius 2 is 2.22 bits per heavy atom. The second-order valence-corrected chi connectivity index (χ2v) is 4.56. The first-order valence-electron chi connectivity index (χ1n) is 6.78. The van der Waals surface area contributed by atoms with Crippen molar-refractivity contribution in [1.29, 1.82) is 0 Å². The molecule has 0 saturated heterocycles. The molecule has 4 N–H and O–H groups in total. The maximum absolute atomic E-state index is 11.5. The quantitative estimate of drug-likeness (QED) is 0.588. The number of aryl methyl sites for hydroxylation is 1. The van der Waals surface area contributed by atoms with Gasteiger partial charge in [0, 0.05) is 18.7 Å². The first kappa shape index (κ1) is 14.5. The van der Waals surface area contributed by atoms with Crippen LogP contribution in [0.2, 0.25) is 0 Å². The fraction of sp³-hybridized carbons (Fsp3) is 0.692. The molecule has 0 radical (unpaired) electrons. The Kier molecular flexibility index (Phi) is 6.91. The van der Waals surface area contributed by atoms with Crippen LogP contribution in [0.5, 0.6) is 0 Å². The lowest BCUT2D eigenvalue weighted by Gasteiger charge is -2.04. The molecule has 1 amide bonds. The van der Waals surface area contributed by atoms with Crippen LogP contribution in [-0.2, 0) is 11.2 Å². The number of H-pyrrole nitrogens is 1. The summed E-state index contributed by atoms with van der Waals surface area (Å²) in [7, 11) is 0. The Bertz CT molecular complexity index is 349. The Labute approximate surface area is 109 Å². The van der Waals surface area contributed by atoms with E-state index in [1.807, 2.05) is 0 Å². The molecule has 0 saturated carbocycles. The average Bonchev–Trinajstić information content (AvgIpc) is 2.76. The molecule has 0 bridgehead atoms. The number of rotatable bonds is 9. The zero-order valence-corrected chi connectivity index (χ0v) is 11.2. The van der Waals surface area contributed by atoms with Gasteiger partial charge in [-0.3, -0.25) is 4.79 Å². The van der Waals surface area contributed by atoms with Gasteiger partial charge in [0.15, 0.2) is 5.95 Å². The van der Waals surface area contributed by atoms with Crippen LogP contribution in [0.4, 0.5) is 5.95 Å². The number of nitrogen functional groups attached to an aromatic ring is 1. The van der Waals surface area contributed by atoms with E-state index in [0.717, 1.165) is 31.4 Å². The van der Waals surface area contributed by atoms with Gasteiger partial charge in [-0.25, -0.2) is 4.98 Å². The first-order chi connectivity index (χ1) is 8.72. The standard InChI is InChI=1S/C13H24N4O/c1-2-3-4-5-8-12(18)15-9-6-7-11-10-16-13(14)17-11/h10H,2-9H2,1H3,(H,15,18)(H3,14,16,17). The number of carbonyl (C=O) groups excluding carboxylic acids is 1. The van der Waals surface area contributed by atoms with E-state index in [9.17, 15) is 4.79 Å². The van der Waals surface area contributed by atoms with Gasteiger partial charge < -0.3 is 16.0 Å². The van der Waals surface area contributed by atoms with Gasteiger partial charge in [0.2, 0.25) is 5.91 Å². The summed E-state index contributed by atoms with van der Waals surface area (Å²) in [5.41, 5.74) is 6.49. The highest BCUT2D eigenvalue weighted by Crippen LogP contribution is 2.03. The van der Waals surface area contributed by atoms with Crippen LogP contribution in [0.1, 0.15) is 51.1 Å². The molecule has 0 aliphatic rings. The van der Waals surface area contributed by atoms with Gasteiger partial charge in [-0.15, -0.1) is 0 Å². The van der Waals surface area contributed by atoms with Crippen molar-refractivity contribution in [3.05, 3.63) is 11.9 Å². The van der Waals surface area contributed by atoms with Crippen LogP contribution >= 0.6 is 0 Å². The molecule has 1 aromatic heterocycles. The normalized spacial score (nSPS) is 10.5. The van der Waals surface area contributed by atoms with E-state index < -0.39 is 0 Å². The third-order valence-corrected chi connectivity index (χ3v) is 2.85. The molecule has 0 atom stereocenters. The predicted octanol–water partition coefficient (Wildman–Crippen LogP) is 2.01. The van der Waals surface area contributed by atoms with E-state index in [2.05, 4.69) is 22.2 Å². The van der Waals surface area contributed by atoms with Gasteiger partial charge in [-0.1, -0.05) is 26.2 Å². The highest BCUT2D eigenvalue weighted by atomic mass is 16.1. The zero-order valence-electron chi connectivity index (χ0n) is 11.2. The molecule has 0 spiro atoms. The number of aromatic nitrogens is 2. The van der Waals surface area contributed by atoms with Crippen molar-refractivity contribution >= 4 is 11.9 Å². The topological polar surface area (TPSA) is 83.8 Å². The number of hydrogen-bond acceptors (Lipinski definition) is 3. The van der Waals surface area contributed by atoms with Gasteiger partial charge in [-0.05, 0) is 19.3 Å². The predicted molar refractivity (Wildman–Crippen MR) is 73.1 cm³/mol. The van der Waals surface area contributed by atoms with Crippen molar-refractivity contribution in [3.8, 4) is 0 Å². The number of carbonyl (C=O) groups is 1. The maximum atomic E-state index is 11.5. The van der Waals surface area contributed by atoms with Crippen LogP contribution in [0, 0.1) is 0 Å². The van der Waals surface area contributed by atoms with Gasteiger partial charge in [0.1, 0.15) is 0 Å². The van der Waals surface area contributed by atoms with Crippen LogP contribution in [-0.4, -0.2) is 22.4 Å². The van der Waals surface area contributed by atoms with Crippen molar-refractivity contribution < 1.29 is 4.79 Å². The van der Waals surface area contributed by atoms with Crippen molar-refractivity contribution in [3.63, 3.8) is 0 Å². The molecule has 0 aliphatic heterocycles. The third-order valence-electron chi connectivity index (χ3n) is 2.85. The summed E-state index contributed by atoms with van der Waals surface area (Å²) >= 11 is 0. The minimum Gasteiger partial charge on any atom is -0.369 e. The molecule has 0 aromatic carbocycles. The minimum absolute atomic E-state index is 0.162. The summed E-state index contributed by atoms with van der Waals surface area (Å²) < 4.78 is 0. The number of anilines is 1. The number of unbranched alkanes of at least 4 members (excludes halogenated alkanes) is 3. The molecule has 0 unspecified atom stereocenters. The number of aromatic amines is 1. The Hall–Kier alpha value is -1.52. The molecule has 18 heavy (non-hydrogen) atoms. The highest BCUT2D eigenvalue weighted by Gasteiger charge is 2.01. The van der Waals surface area contributed by atoms with E-state index >= 15 is 0 Å². The fourth-order valence-electron chi connectivity index (χ4n) is 1.81. The van der Waals surface area contributed by atoms with Gasteiger partial charge in [-0.2, -0.15) is 0 Å². The lowest BCUT2D eigenvalue weighted by atomic mass is 10.1. The Morgan fingerprint density at radius 1 is 1.39 bits per heavy atom. The van der Waals surface area contributed by atoms with E-state index in [-0.39, 0.29) is 5.91 Å². The fourth-order valence-corrected chi connectivity index (χ4v) is 1.81. The molecule has 0 aliphatic carbocycles. The first-order valence-corrected chi connectivity index (χ1v) is 6.78. The van der Waals surface area contributed by atoms with Gasteiger partial charge in [0.25, 0.3) is 0 Å².